The average Bonchev–Trinajstić information content (AvgIpc) is 4.15. The van der Waals surface area contributed by atoms with Crippen LogP contribution in [-0.2, 0) is 54.3 Å². The van der Waals surface area contributed by atoms with Crippen molar-refractivity contribution in [2.45, 2.75) is 181 Å². The fourth-order valence-electron chi connectivity index (χ4n) is 11.3. The van der Waals surface area contributed by atoms with Crippen LogP contribution < -0.4 is 21.3 Å². The van der Waals surface area contributed by atoms with Crippen LogP contribution in [0.1, 0.15) is 143 Å². The van der Waals surface area contributed by atoms with Crippen LogP contribution >= 0.6 is 15.9 Å². The molecule has 21 heteroatoms. The highest BCUT2D eigenvalue weighted by molar-refractivity contribution is 9.09. The Morgan fingerprint density at radius 2 is 1.52 bits per heavy atom. The Balaban J connectivity index is 1.46. The minimum Gasteiger partial charge on any atom is -0.445 e. The number of aliphatic hydroxyl groups is 1. The van der Waals surface area contributed by atoms with Gasteiger partial charge >= 0.3 is 12.2 Å². The quantitative estimate of drug-likeness (QED) is 0.0362. The third kappa shape index (κ3) is 20.7. The minimum absolute atomic E-state index is 0.0623. The number of likely N-dealkylation sites (tertiary alicyclic amines) is 1. The van der Waals surface area contributed by atoms with E-state index in [9.17, 15) is 43.5 Å². The standard InChI is InChI=1S/C62H94BrN7O13/c1-13-40(6)56(51(80-11)35-54(74)70-32-22-27-49(70)58(81-12)41(7)59(76)65-42(8)57(75)44-23-18-17-19-24-44)68(9)60(77)46(38(2)3)34-50(71)55(39(4)5)69(10)62(79)82-37-43-28-29-47(48(33-43)66-52(72)30-31-64-53(73)36-63)67-61(78)83-45-25-20-15-14-16-21-26-45/h17-20,23-25,28-29,33,38-42,45-46,49,51,55-58,75H,13-16,21-22,26-27,30-32,34-37H2,1-12H3,(H,64,73)(H,65,76)(H,66,72)(H,67,78)/b25-20+/t40-,41+,42+,45?,46-,49-,51+,55-,56-,57+,58+/m0/s1. The van der Waals surface area contributed by atoms with Gasteiger partial charge in [0.1, 0.15) is 12.7 Å². The molecule has 11 atom stereocenters. The predicted octanol–water partition coefficient (Wildman–Crippen LogP) is 8.95. The monoisotopic (exact) mass is 1220 g/mol. The topological polar surface area (TPSA) is 252 Å². The first-order valence-electron chi connectivity index (χ1n) is 29.4. The lowest BCUT2D eigenvalue weighted by atomic mass is 9.83. The zero-order chi connectivity index (χ0) is 61.5. The van der Waals surface area contributed by atoms with Gasteiger partial charge in [0.2, 0.25) is 29.5 Å². The fourth-order valence-corrected chi connectivity index (χ4v) is 11.5. The van der Waals surface area contributed by atoms with Gasteiger partial charge in [-0.3, -0.25) is 34.1 Å². The van der Waals surface area contributed by atoms with Crippen molar-refractivity contribution in [1.29, 1.82) is 0 Å². The van der Waals surface area contributed by atoms with Crippen LogP contribution in [0.4, 0.5) is 21.0 Å². The summed E-state index contributed by atoms with van der Waals surface area (Å²) >= 11 is 3.08. The molecule has 83 heavy (non-hydrogen) atoms. The molecule has 2 aliphatic rings. The number of nitrogens with zero attached hydrogens (tertiary/aromatic N) is 3. The first-order chi connectivity index (χ1) is 39.5. The molecule has 20 nitrogen and oxygen atoms in total. The highest BCUT2D eigenvalue weighted by atomic mass is 79.9. The van der Waals surface area contributed by atoms with Crippen LogP contribution in [0.2, 0.25) is 0 Å². The number of hydrogen-bond donors (Lipinski definition) is 5. The number of methoxy groups -OCH3 is 2. The molecule has 2 aromatic carbocycles. The summed E-state index contributed by atoms with van der Waals surface area (Å²) in [6, 6.07) is 11.3. The largest absolute Gasteiger partial charge is 0.445 e. The van der Waals surface area contributed by atoms with Crippen LogP contribution in [0.5, 0.6) is 0 Å². The van der Waals surface area contributed by atoms with Gasteiger partial charge in [0.25, 0.3) is 0 Å². The molecule has 1 unspecified atom stereocenters. The summed E-state index contributed by atoms with van der Waals surface area (Å²) in [5.74, 6) is -4.21. The number of carbonyl (C=O) groups excluding carboxylic acids is 8. The molecule has 0 saturated carbocycles. The third-order valence-corrected chi connectivity index (χ3v) is 16.7. The van der Waals surface area contributed by atoms with Crippen molar-refractivity contribution in [3.8, 4) is 0 Å². The van der Waals surface area contributed by atoms with E-state index in [0.717, 1.165) is 25.7 Å². The number of hydrogen-bond acceptors (Lipinski definition) is 13. The number of ether oxygens (including phenoxy) is 4. The molecule has 1 heterocycles. The van der Waals surface area contributed by atoms with Crippen molar-refractivity contribution in [3.63, 3.8) is 0 Å². The van der Waals surface area contributed by atoms with E-state index in [2.05, 4.69) is 37.2 Å². The lowest BCUT2D eigenvalue weighted by molar-refractivity contribution is -0.149. The molecule has 2 aromatic rings. The van der Waals surface area contributed by atoms with Crippen molar-refractivity contribution in [2.75, 3.05) is 57.4 Å². The molecule has 0 aromatic heterocycles. The molecule has 4 rings (SSSR count). The van der Waals surface area contributed by atoms with E-state index in [-0.39, 0.29) is 96.3 Å². The molecule has 0 spiro atoms. The normalized spacial score (nSPS) is 19.0. The maximum Gasteiger partial charge on any atom is 0.412 e. The van der Waals surface area contributed by atoms with E-state index in [0.29, 0.717) is 43.4 Å². The number of benzene rings is 2. The Hall–Kier alpha value is -5.90. The number of anilines is 2. The number of Topliss-reactive ketones (excluding diaryl/α,β-unsaturated/α-hetero) is 1. The van der Waals surface area contributed by atoms with Crippen LogP contribution in [-0.4, -0.2) is 157 Å². The Labute approximate surface area is 500 Å². The average molecular weight is 1230 g/mol. The van der Waals surface area contributed by atoms with Gasteiger partial charge in [-0.05, 0) is 92.5 Å². The van der Waals surface area contributed by atoms with Crippen LogP contribution in [0, 0.1) is 29.6 Å². The highest BCUT2D eigenvalue weighted by Gasteiger charge is 2.44. The number of carbonyl (C=O) groups is 8. The SMILES string of the molecule is CC[C@H](C)[C@@H]([C@@H](CC(=O)N1CCC[C@H]1[C@H](OC)[C@@H](C)C(=O)N[C@H](C)[C@@H](O)c1ccccc1)OC)N(C)C(=O)[C@@H](CC(=O)[C@H](C(C)C)N(C)C(=O)OCc1ccc(NC(=O)OC2/C=C/CCCCC2)c(NC(=O)CCNC(=O)CBr)c1)C(C)C. The maximum atomic E-state index is 14.9. The highest BCUT2D eigenvalue weighted by Crippen LogP contribution is 2.32. The van der Waals surface area contributed by atoms with Crippen LogP contribution in [0.25, 0.3) is 0 Å². The molecule has 1 aliphatic carbocycles. The molecule has 1 fully saturated rings. The van der Waals surface area contributed by atoms with E-state index in [4.69, 9.17) is 18.9 Å². The molecule has 1 aliphatic heterocycles. The lowest BCUT2D eigenvalue weighted by Gasteiger charge is -2.41. The lowest BCUT2D eigenvalue weighted by Crippen LogP contribution is -2.55. The van der Waals surface area contributed by atoms with E-state index < -0.39 is 78.5 Å². The maximum absolute atomic E-state index is 14.9. The first-order valence-corrected chi connectivity index (χ1v) is 30.6. The minimum atomic E-state index is -0.982. The summed E-state index contributed by atoms with van der Waals surface area (Å²) in [5, 5.41) is 22.1. The second-order valence-electron chi connectivity index (χ2n) is 22.9. The first kappa shape index (κ1) is 69.6. The summed E-state index contributed by atoms with van der Waals surface area (Å²) in [6.45, 7) is 15.1. The summed E-state index contributed by atoms with van der Waals surface area (Å²) in [5.41, 5.74) is 1.56. The van der Waals surface area contributed by atoms with Gasteiger partial charge < -0.3 is 54.7 Å². The van der Waals surface area contributed by atoms with Gasteiger partial charge in [0.05, 0.1) is 71.5 Å². The van der Waals surface area contributed by atoms with Gasteiger partial charge in [-0.15, -0.1) is 0 Å². The second kappa shape index (κ2) is 34.8. The molecule has 5 N–H and O–H groups in total. The van der Waals surface area contributed by atoms with Crippen molar-refractivity contribution in [2.24, 2.45) is 29.6 Å². The van der Waals surface area contributed by atoms with Gasteiger partial charge in [-0.25, -0.2) is 9.59 Å². The van der Waals surface area contributed by atoms with Crippen LogP contribution in [0.3, 0.4) is 0 Å². The molecular weight excluding hydrogens is 1130 g/mol. The van der Waals surface area contributed by atoms with E-state index in [1.165, 1.54) is 26.2 Å². The second-order valence-corrected chi connectivity index (χ2v) is 23.5. The Bertz CT molecular complexity index is 2480. The smallest absolute Gasteiger partial charge is 0.412 e. The summed E-state index contributed by atoms with van der Waals surface area (Å²) in [7, 11) is 6.20. The zero-order valence-electron chi connectivity index (χ0n) is 51.0. The molecule has 462 valence electrons. The van der Waals surface area contributed by atoms with Crippen molar-refractivity contribution in [1.82, 2.24) is 25.3 Å². The third-order valence-electron chi connectivity index (χ3n) is 16.2. The number of halogens is 1. The van der Waals surface area contributed by atoms with E-state index in [1.54, 1.807) is 61.0 Å². The Morgan fingerprint density at radius 1 is 0.807 bits per heavy atom. The summed E-state index contributed by atoms with van der Waals surface area (Å²) in [4.78, 5) is 114. The van der Waals surface area contributed by atoms with Crippen molar-refractivity contribution in [3.05, 3.63) is 71.8 Å². The van der Waals surface area contributed by atoms with Crippen molar-refractivity contribution >= 4 is 74.8 Å². The van der Waals surface area contributed by atoms with E-state index >= 15 is 0 Å². The number of rotatable bonds is 30. The number of nitrogens with one attached hydrogen (secondary N) is 4. The number of alkyl halides is 1. The number of allylic oxidation sites excluding steroid dienone is 1. The number of aliphatic hydroxyl groups excluding tert-OH is 1. The zero-order valence-corrected chi connectivity index (χ0v) is 52.5. The number of ketones is 1. The Morgan fingerprint density at radius 3 is 2.16 bits per heavy atom. The molecule has 7 amide bonds. The molecule has 1 saturated heterocycles. The predicted molar refractivity (Wildman–Crippen MR) is 322 cm³/mol. The van der Waals surface area contributed by atoms with Gasteiger partial charge in [-0.1, -0.05) is 120 Å². The molecule has 0 radical (unpaired) electrons. The summed E-state index contributed by atoms with van der Waals surface area (Å²) in [6.07, 6.45) is 5.87. The van der Waals surface area contributed by atoms with Gasteiger partial charge in [0, 0.05) is 60.2 Å². The van der Waals surface area contributed by atoms with Crippen molar-refractivity contribution < 1.29 is 62.4 Å². The number of amides is 7. The summed E-state index contributed by atoms with van der Waals surface area (Å²) < 4.78 is 23.6. The molecule has 0 bridgehead atoms. The fraction of sp³-hybridized carbons (Fsp3) is 0.645. The van der Waals surface area contributed by atoms with Gasteiger partial charge in [-0.2, -0.15) is 0 Å². The number of likely N-dealkylation sites (N-methyl/N-ethyl adjacent to an activating group) is 2. The molecular formula is C62H94BrN7O13. The van der Waals surface area contributed by atoms with Crippen LogP contribution in [0.15, 0.2) is 60.7 Å². The van der Waals surface area contributed by atoms with E-state index in [1.807, 2.05) is 71.9 Å². The van der Waals surface area contributed by atoms with Gasteiger partial charge in [0.15, 0.2) is 5.78 Å². The Kier molecular flexibility index (Phi) is 29.2.